The van der Waals surface area contributed by atoms with E-state index in [1.54, 1.807) is 0 Å². The Morgan fingerprint density at radius 3 is 1.11 bits per heavy atom. The minimum atomic E-state index is -4.75. The second-order valence-corrected chi connectivity index (χ2v) is 20.6. The van der Waals surface area contributed by atoms with Gasteiger partial charge in [0.1, 0.15) is 12.7 Å². The molecule has 11 nitrogen and oxygen atoms in total. The molecule has 0 aliphatic rings. The summed E-state index contributed by atoms with van der Waals surface area (Å²) in [5, 5.41) is 9.80. The highest BCUT2D eigenvalue weighted by molar-refractivity contribution is 7.47. The van der Waals surface area contributed by atoms with Crippen molar-refractivity contribution in [2.24, 2.45) is 0 Å². The van der Waals surface area contributed by atoms with Crippen LogP contribution in [0.4, 0.5) is 0 Å². The Labute approximate surface area is 428 Å². The lowest BCUT2D eigenvalue weighted by Crippen LogP contribution is -2.30. The Kier molecular flexibility index (Phi) is 50.8. The fourth-order valence-electron chi connectivity index (χ4n) is 7.83. The van der Waals surface area contributed by atoms with E-state index in [0.717, 1.165) is 109 Å². The van der Waals surface area contributed by atoms with Crippen molar-refractivity contribution in [1.29, 1.82) is 0 Å². The Morgan fingerprint density at radius 2 is 0.700 bits per heavy atom. The van der Waals surface area contributed by atoms with Crippen LogP contribution < -0.4 is 0 Å². The van der Waals surface area contributed by atoms with Crippen LogP contribution in [-0.4, -0.2) is 66.5 Å². The maximum atomic E-state index is 12.9. The van der Waals surface area contributed by atoms with E-state index in [4.69, 9.17) is 23.3 Å². The van der Waals surface area contributed by atoms with E-state index in [1.165, 1.54) is 96.3 Å². The first-order chi connectivity index (χ1) is 34.2. The van der Waals surface area contributed by atoms with Gasteiger partial charge in [-0.15, -0.1) is 0 Å². The third-order valence-electron chi connectivity index (χ3n) is 12.2. The lowest BCUT2D eigenvalue weighted by Gasteiger charge is -2.21. The highest BCUT2D eigenvalue weighted by Gasteiger charge is 2.28. The number of carbonyl (C=O) groups is 3. The zero-order chi connectivity index (χ0) is 51.3. The molecule has 12 heteroatoms. The second-order valence-electron chi connectivity index (χ2n) is 19.1. The molecule has 0 aromatic heterocycles. The van der Waals surface area contributed by atoms with Crippen molar-refractivity contribution in [3.05, 3.63) is 48.6 Å². The molecule has 2 N–H and O–H groups in total. The van der Waals surface area contributed by atoms with Gasteiger partial charge in [-0.2, -0.15) is 0 Å². The van der Waals surface area contributed by atoms with Crippen molar-refractivity contribution in [2.45, 2.75) is 277 Å². The predicted octanol–water partition coefficient (Wildman–Crippen LogP) is 16.6. The molecule has 0 saturated carbocycles. The van der Waals surface area contributed by atoms with E-state index in [0.29, 0.717) is 19.3 Å². The molecule has 0 aromatic carbocycles. The largest absolute Gasteiger partial charge is 0.472 e. The van der Waals surface area contributed by atoms with Gasteiger partial charge in [-0.3, -0.25) is 23.4 Å². The van der Waals surface area contributed by atoms with Crippen LogP contribution in [0.25, 0.3) is 0 Å². The summed E-state index contributed by atoms with van der Waals surface area (Å²) in [6, 6.07) is 0. The Hall–Kier alpha value is -2.56. The van der Waals surface area contributed by atoms with Crippen LogP contribution in [0.3, 0.4) is 0 Å². The highest BCUT2D eigenvalue weighted by atomic mass is 31.2. The van der Waals surface area contributed by atoms with Crippen LogP contribution >= 0.6 is 7.82 Å². The van der Waals surface area contributed by atoms with Crippen molar-refractivity contribution in [3.8, 4) is 0 Å². The number of esters is 3. The Bertz CT molecular complexity index is 1360. The van der Waals surface area contributed by atoms with E-state index < -0.39 is 57.8 Å². The summed E-state index contributed by atoms with van der Waals surface area (Å²) in [6.07, 6.45) is 55.0. The highest BCUT2D eigenvalue weighted by Crippen LogP contribution is 2.43. The van der Waals surface area contributed by atoms with Crippen molar-refractivity contribution >= 4 is 25.7 Å². The smallest absolute Gasteiger partial charge is 0.462 e. The number of unbranched alkanes of at least 4 members (excludes halogenated alkanes) is 28. The molecule has 3 atom stereocenters. The van der Waals surface area contributed by atoms with Crippen molar-refractivity contribution in [3.63, 3.8) is 0 Å². The number of ether oxygens (including phenoxy) is 3. The summed E-state index contributed by atoms with van der Waals surface area (Å²) in [5.41, 5.74) is 0. The van der Waals surface area contributed by atoms with E-state index in [1.807, 2.05) is 0 Å². The molecule has 0 bridgehead atoms. The molecule has 3 unspecified atom stereocenters. The van der Waals surface area contributed by atoms with Crippen molar-refractivity contribution in [1.82, 2.24) is 0 Å². The lowest BCUT2D eigenvalue weighted by atomic mass is 10.1. The molecule has 0 amide bonds. The molecule has 0 aliphatic heterocycles. The number of aliphatic hydroxyl groups excluding tert-OH is 1. The fourth-order valence-corrected chi connectivity index (χ4v) is 8.61. The summed E-state index contributed by atoms with van der Waals surface area (Å²) in [7, 11) is -4.75. The summed E-state index contributed by atoms with van der Waals surface area (Å²) in [6.45, 7) is 4.58. The fraction of sp³-hybridized carbons (Fsp3) is 0.810. The molecule has 0 radical (unpaired) electrons. The van der Waals surface area contributed by atoms with Gasteiger partial charge in [0.15, 0.2) is 6.10 Å². The average molecular weight is 1010 g/mol. The van der Waals surface area contributed by atoms with Crippen LogP contribution in [0.2, 0.25) is 0 Å². The zero-order valence-corrected chi connectivity index (χ0v) is 45.9. The van der Waals surface area contributed by atoms with Gasteiger partial charge < -0.3 is 24.2 Å². The quantitative estimate of drug-likeness (QED) is 0.0197. The molecule has 408 valence electrons. The number of allylic oxidation sites excluding steroid dienone is 8. The van der Waals surface area contributed by atoms with Gasteiger partial charge in [0.2, 0.25) is 0 Å². The van der Waals surface area contributed by atoms with E-state index in [9.17, 15) is 28.9 Å². The first-order valence-corrected chi connectivity index (χ1v) is 30.0. The number of phosphoric acid groups is 1. The van der Waals surface area contributed by atoms with Crippen molar-refractivity contribution < 1.29 is 52.2 Å². The summed E-state index contributed by atoms with van der Waals surface area (Å²) in [5.74, 6) is -1.48. The van der Waals surface area contributed by atoms with Gasteiger partial charge in [0.25, 0.3) is 0 Å². The third kappa shape index (κ3) is 50.4. The van der Waals surface area contributed by atoms with Crippen LogP contribution in [0, 0.1) is 0 Å². The molecular weight excluding hydrogens is 904 g/mol. The number of hydrogen-bond donors (Lipinski definition) is 2. The Morgan fingerprint density at radius 1 is 0.400 bits per heavy atom. The third-order valence-corrected chi connectivity index (χ3v) is 13.2. The zero-order valence-electron chi connectivity index (χ0n) is 45.0. The molecule has 0 aromatic rings. The number of carbonyl (C=O) groups excluding carboxylic acids is 3. The number of hydrogen-bond acceptors (Lipinski definition) is 10. The topological polar surface area (TPSA) is 155 Å². The average Bonchev–Trinajstić information content (AvgIpc) is 3.35. The van der Waals surface area contributed by atoms with Gasteiger partial charge >= 0.3 is 25.7 Å². The number of rotatable bonds is 53. The van der Waals surface area contributed by atoms with Crippen LogP contribution in [0.15, 0.2) is 48.6 Å². The molecule has 70 heavy (non-hydrogen) atoms. The van der Waals surface area contributed by atoms with Gasteiger partial charge in [0.05, 0.1) is 19.8 Å². The maximum absolute atomic E-state index is 12.9. The van der Waals surface area contributed by atoms with Crippen molar-refractivity contribution in [2.75, 3.05) is 26.4 Å². The van der Waals surface area contributed by atoms with Crippen LogP contribution in [0.1, 0.15) is 265 Å². The van der Waals surface area contributed by atoms with Gasteiger partial charge in [0, 0.05) is 19.3 Å². The van der Waals surface area contributed by atoms with Crippen LogP contribution in [-0.2, 0) is 42.2 Å². The molecule has 0 saturated heterocycles. The molecule has 0 spiro atoms. The van der Waals surface area contributed by atoms with Gasteiger partial charge in [-0.1, -0.05) is 211 Å². The SMILES string of the molecule is CCCCC/C=C\C/C=C\C/C=C\CCCCCCCCC(=O)OC(COC(=O)CCCCCCCCCCC)COP(=O)(O)OCC(CO)OC(=O)CCCCCCC/C=C\CCCCCCCC. The van der Waals surface area contributed by atoms with Gasteiger partial charge in [-0.05, 0) is 83.5 Å². The number of phosphoric ester groups is 1. The molecule has 0 rings (SSSR count). The lowest BCUT2D eigenvalue weighted by molar-refractivity contribution is -0.161. The summed E-state index contributed by atoms with van der Waals surface area (Å²) < 4.78 is 39.4. The first-order valence-electron chi connectivity index (χ1n) is 28.5. The van der Waals surface area contributed by atoms with E-state index in [-0.39, 0.29) is 25.9 Å². The molecule has 0 aliphatic carbocycles. The standard InChI is InChI=1S/C58H105O11P/c1-4-7-10-13-16-19-21-23-25-26-27-28-30-32-34-37-40-43-46-49-58(62)69-55(51-65-56(60)47-44-41-38-35-18-15-12-9-6-3)53-67-70(63,64)66-52-54(50-59)68-57(61)48-45-42-39-36-33-31-29-24-22-20-17-14-11-8-5-2/h16,19,23-25,27-29,54-55,59H,4-15,17-18,20-22,26,30-53H2,1-3H3,(H,63,64)/b19-16-,25-23-,28-27-,29-24-. The van der Waals surface area contributed by atoms with E-state index in [2.05, 4.69) is 69.4 Å². The van der Waals surface area contributed by atoms with Crippen LogP contribution in [0.5, 0.6) is 0 Å². The summed E-state index contributed by atoms with van der Waals surface area (Å²) >= 11 is 0. The molecular formula is C58H105O11P. The Balaban J connectivity index is 4.66. The predicted molar refractivity (Wildman–Crippen MR) is 289 cm³/mol. The van der Waals surface area contributed by atoms with E-state index >= 15 is 0 Å². The minimum absolute atomic E-state index is 0.154. The first kappa shape index (κ1) is 67.4. The molecule has 0 fully saturated rings. The monoisotopic (exact) mass is 1010 g/mol. The van der Waals surface area contributed by atoms with Gasteiger partial charge in [-0.25, -0.2) is 4.57 Å². The number of aliphatic hydroxyl groups is 1. The summed E-state index contributed by atoms with van der Waals surface area (Å²) in [4.78, 5) is 48.4. The second kappa shape index (κ2) is 52.8. The maximum Gasteiger partial charge on any atom is 0.472 e. The molecule has 0 heterocycles. The minimum Gasteiger partial charge on any atom is -0.462 e. The normalized spacial score (nSPS) is 13.7.